The van der Waals surface area contributed by atoms with Crippen molar-refractivity contribution in [2.24, 2.45) is 0 Å². The lowest BCUT2D eigenvalue weighted by molar-refractivity contribution is 0.122. The lowest BCUT2D eigenvalue weighted by atomic mass is 10.1. The fourth-order valence-electron chi connectivity index (χ4n) is 3.52. The Morgan fingerprint density at radius 2 is 1.66 bits per heavy atom. The van der Waals surface area contributed by atoms with E-state index in [9.17, 15) is 5.11 Å². The maximum absolute atomic E-state index is 9.94. The van der Waals surface area contributed by atoms with Crippen molar-refractivity contribution in [1.29, 1.82) is 0 Å². The molecule has 9 nitrogen and oxygen atoms in total. The molecule has 168 valence electrons. The molecule has 32 heavy (non-hydrogen) atoms. The zero-order valence-corrected chi connectivity index (χ0v) is 18.3. The zero-order valence-electron chi connectivity index (χ0n) is 18.3. The van der Waals surface area contributed by atoms with Gasteiger partial charge in [0, 0.05) is 42.5 Å². The van der Waals surface area contributed by atoms with E-state index in [0.717, 1.165) is 5.56 Å². The average molecular weight is 438 g/mol. The van der Waals surface area contributed by atoms with Gasteiger partial charge < -0.3 is 34.3 Å². The highest BCUT2D eigenvalue weighted by Crippen LogP contribution is 2.40. The van der Waals surface area contributed by atoms with Crippen LogP contribution in [0.4, 0.5) is 17.5 Å². The molecule has 0 amide bonds. The molecule has 1 fully saturated rings. The number of morpholine rings is 1. The second-order valence-electron chi connectivity index (χ2n) is 7.13. The Hall–Kier alpha value is -3.72. The lowest BCUT2D eigenvalue weighted by Gasteiger charge is -2.27. The van der Waals surface area contributed by atoms with Gasteiger partial charge in [0.2, 0.25) is 11.7 Å². The normalized spacial score (nSPS) is 13.5. The van der Waals surface area contributed by atoms with Crippen LogP contribution in [0.5, 0.6) is 23.0 Å². The van der Waals surface area contributed by atoms with Gasteiger partial charge in [-0.05, 0) is 12.1 Å². The zero-order chi connectivity index (χ0) is 22.5. The minimum atomic E-state index is 0.174. The molecule has 0 radical (unpaired) electrons. The van der Waals surface area contributed by atoms with E-state index in [1.807, 2.05) is 24.3 Å². The number of hydrogen-bond donors (Lipinski definition) is 2. The molecule has 2 aromatic carbocycles. The number of benzene rings is 2. The Kier molecular flexibility index (Phi) is 6.46. The summed E-state index contributed by atoms with van der Waals surface area (Å²) in [5, 5.41) is 13.3. The molecule has 0 unspecified atom stereocenters. The Bertz CT molecular complexity index is 1060. The van der Waals surface area contributed by atoms with E-state index in [-0.39, 0.29) is 5.75 Å². The van der Waals surface area contributed by atoms with Crippen LogP contribution in [0.1, 0.15) is 0 Å². The van der Waals surface area contributed by atoms with Crippen molar-refractivity contribution < 1.29 is 24.1 Å². The number of hydrogen-bond acceptors (Lipinski definition) is 9. The third-order valence-corrected chi connectivity index (χ3v) is 5.09. The van der Waals surface area contributed by atoms with Crippen LogP contribution >= 0.6 is 0 Å². The molecule has 1 aliphatic heterocycles. The summed E-state index contributed by atoms with van der Waals surface area (Å²) >= 11 is 0. The van der Waals surface area contributed by atoms with Crippen LogP contribution in [-0.2, 0) is 4.74 Å². The first kappa shape index (κ1) is 21.5. The Morgan fingerprint density at radius 1 is 0.938 bits per heavy atom. The van der Waals surface area contributed by atoms with Crippen molar-refractivity contribution in [1.82, 2.24) is 9.97 Å². The lowest BCUT2D eigenvalue weighted by Crippen LogP contribution is -2.37. The number of anilines is 3. The van der Waals surface area contributed by atoms with Crippen LogP contribution in [0, 0.1) is 0 Å². The molecule has 0 bridgehead atoms. The molecular formula is C23H26N4O5. The second kappa shape index (κ2) is 9.61. The van der Waals surface area contributed by atoms with Gasteiger partial charge in [-0.15, -0.1) is 0 Å². The van der Waals surface area contributed by atoms with Gasteiger partial charge in [-0.3, -0.25) is 0 Å². The second-order valence-corrected chi connectivity index (χ2v) is 7.13. The van der Waals surface area contributed by atoms with Crippen LogP contribution < -0.4 is 24.4 Å². The van der Waals surface area contributed by atoms with E-state index in [2.05, 4.69) is 10.2 Å². The topological polar surface area (TPSA) is 98.2 Å². The number of aromatic nitrogens is 2. The molecule has 0 aliphatic carbocycles. The van der Waals surface area contributed by atoms with Gasteiger partial charge in [-0.1, -0.05) is 12.1 Å². The van der Waals surface area contributed by atoms with E-state index < -0.39 is 0 Å². The van der Waals surface area contributed by atoms with E-state index in [1.165, 1.54) is 0 Å². The monoisotopic (exact) mass is 438 g/mol. The number of rotatable bonds is 7. The Labute approximate surface area is 186 Å². The maximum Gasteiger partial charge on any atom is 0.228 e. The Morgan fingerprint density at radius 3 is 2.28 bits per heavy atom. The first-order chi connectivity index (χ1) is 15.6. The largest absolute Gasteiger partial charge is 0.508 e. The summed E-state index contributed by atoms with van der Waals surface area (Å²) in [6, 6.07) is 12.4. The summed E-state index contributed by atoms with van der Waals surface area (Å²) in [6.45, 7) is 2.64. The van der Waals surface area contributed by atoms with Gasteiger partial charge >= 0.3 is 0 Å². The SMILES string of the molecule is COc1cc(Nc2cc(-c3cccc(O)c3)nc(N3CCOCC3)n2)cc(OC)c1OC. The number of ether oxygens (including phenoxy) is 4. The van der Waals surface area contributed by atoms with E-state index in [4.69, 9.17) is 28.9 Å². The molecule has 0 saturated carbocycles. The average Bonchev–Trinajstić information content (AvgIpc) is 2.83. The molecule has 2 heterocycles. The number of nitrogens with one attached hydrogen (secondary N) is 1. The van der Waals surface area contributed by atoms with Crippen molar-refractivity contribution in [2.75, 3.05) is 57.8 Å². The van der Waals surface area contributed by atoms with Crippen LogP contribution in [-0.4, -0.2) is 62.7 Å². The summed E-state index contributed by atoms with van der Waals surface area (Å²) in [5.74, 6) is 2.93. The van der Waals surface area contributed by atoms with Crippen molar-refractivity contribution in [3.8, 4) is 34.3 Å². The first-order valence-corrected chi connectivity index (χ1v) is 10.2. The minimum absolute atomic E-state index is 0.174. The third-order valence-electron chi connectivity index (χ3n) is 5.09. The third kappa shape index (κ3) is 4.62. The number of methoxy groups -OCH3 is 3. The predicted octanol–water partition coefficient (Wildman–Crippen LogP) is 3.46. The van der Waals surface area contributed by atoms with Crippen LogP contribution in [0.15, 0.2) is 42.5 Å². The fraction of sp³-hybridized carbons (Fsp3) is 0.304. The van der Waals surface area contributed by atoms with Gasteiger partial charge in [0.25, 0.3) is 0 Å². The van der Waals surface area contributed by atoms with Gasteiger partial charge in [-0.25, -0.2) is 4.98 Å². The number of aromatic hydroxyl groups is 1. The van der Waals surface area contributed by atoms with Crippen LogP contribution in [0.25, 0.3) is 11.3 Å². The highest BCUT2D eigenvalue weighted by atomic mass is 16.5. The van der Waals surface area contributed by atoms with Crippen molar-refractivity contribution in [3.05, 3.63) is 42.5 Å². The smallest absolute Gasteiger partial charge is 0.228 e. The molecule has 1 aliphatic rings. The summed E-state index contributed by atoms with van der Waals surface area (Å²) in [4.78, 5) is 11.5. The van der Waals surface area contributed by atoms with Gasteiger partial charge in [0.05, 0.1) is 40.2 Å². The van der Waals surface area contributed by atoms with Crippen molar-refractivity contribution in [3.63, 3.8) is 0 Å². The van der Waals surface area contributed by atoms with Crippen molar-refractivity contribution >= 4 is 17.5 Å². The first-order valence-electron chi connectivity index (χ1n) is 10.2. The number of nitrogens with zero attached hydrogens (tertiary/aromatic N) is 3. The summed E-state index contributed by atoms with van der Waals surface area (Å²) in [5.41, 5.74) is 2.19. The van der Waals surface area contributed by atoms with Gasteiger partial charge in [0.1, 0.15) is 11.6 Å². The van der Waals surface area contributed by atoms with Crippen LogP contribution in [0.2, 0.25) is 0 Å². The van der Waals surface area contributed by atoms with Gasteiger partial charge in [-0.2, -0.15) is 4.98 Å². The fourth-order valence-corrected chi connectivity index (χ4v) is 3.52. The highest BCUT2D eigenvalue weighted by molar-refractivity contribution is 5.71. The van der Waals surface area contributed by atoms with E-state index in [0.29, 0.717) is 66.7 Å². The molecule has 3 aromatic rings. The molecular weight excluding hydrogens is 412 g/mol. The molecule has 4 rings (SSSR count). The highest BCUT2D eigenvalue weighted by Gasteiger charge is 2.18. The van der Waals surface area contributed by atoms with E-state index >= 15 is 0 Å². The maximum atomic E-state index is 9.94. The molecule has 9 heteroatoms. The summed E-state index contributed by atoms with van der Waals surface area (Å²) < 4.78 is 21.8. The molecule has 1 aromatic heterocycles. The quantitative estimate of drug-likeness (QED) is 0.575. The Balaban J connectivity index is 1.75. The molecule has 0 spiro atoms. The summed E-state index contributed by atoms with van der Waals surface area (Å²) in [7, 11) is 4.71. The van der Waals surface area contributed by atoms with Gasteiger partial charge in [0.15, 0.2) is 11.5 Å². The number of phenolic OH excluding ortho intramolecular Hbond substituents is 1. The van der Waals surface area contributed by atoms with E-state index in [1.54, 1.807) is 39.5 Å². The molecule has 0 atom stereocenters. The number of phenols is 1. The molecule has 2 N–H and O–H groups in total. The minimum Gasteiger partial charge on any atom is -0.508 e. The standard InChI is InChI=1S/C23H26N4O5/c1-29-19-12-16(13-20(30-2)22(19)31-3)24-21-14-18(15-5-4-6-17(28)11-15)25-23(26-21)27-7-9-32-10-8-27/h4-6,11-14,28H,7-10H2,1-3H3,(H,24,25,26). The van der Waals surface area contributed by atoms with Crippen LogP contribution in [0.3, 0.4) is 0 Å². The summed E-state index contributed by atoms with van der Waals surface area (Å²) in [6.07, 6.45) is 0. The predicted molar refractivity (Wildman–Crippen MR) is 122 cm³/mol. The molecule has 1 saturated heterocycles. The van der Waals surface area contributed by atoms with Crippen molar-refractivity contribution in [2.45, 2.75) is 0 Å².